The molecule has 0 bridgehead atoms. The van der Waals surface area contributed by atoms with Crippen LogP contribution >= 0.6 is 11.3 Å². The summed E-state index contributed by atoms with van der Waals surface area (Å²) in [6, 6.07) is 3.80. The summed E-state index contributed by atoms with van der Waals surface area (Å²) < 4.78 is 0. The van der Waals surface area contributed by atoms with E-state index in [1.54, 1.807) is 0 Å². The van der Waals surface area contributed by atoms with Gasteiger partial charge in [0.2, 0.25) is 0 Å². The highest BCUT2D eigenvalue weighted by molar-refractivity contribution is 7.14. The normalized spacial score (nSPS) is 23.8. The van der Waals surface area contributed by atoms with Gasteiger partial charge >= 0.3 is 5.97 Å². The number of carboxylic acid groups (broad SMARTS) is 1. The Morgan fingerprint density at radius 3 is 2.65 bits per heavy atom. The van der Waals surface area contributed by atoms with Crippen LogP contribution < -0.4 is 0 Å². The molecule has 2 rings (SSSR count). The van der Waals surface area contributed by atoms with Gasteiger partial charge < -0.3 is 5.11 Å². The maximum absolute atomic E-state index is 12.2. The highest BCUT2D eigenvalue weighted by Crippen LogP contribution is 2.35. The molecule has 0 spiro atoms. The molecule has 0 amide bonds. The minimum absolute atomic E-state index is 0.0274. The van der Waals surface area contributed by atoms with Crippen molar-refractivity contribution in [3.05, 3.63) is 21.9 Å². The minimum atomic E-state index is -0.826. The van der Waals surface area contributed by atoms with Crippen molar-refractivity contribution >= 4 is 23.1 Å². The van der Waals surface area contributed by atoms with E-state index in [-0.39, 0.29) is 11.7 Å². The monoisotopic (exact) mass is 252 g/mol. The van der Waals surface area contributed by atoms with Crippen molar-refractivity contribution in [2.75, 3.05) is 0 Å². The molecule has 1 aromatic rings. The van der Waals surface area contributed by atoms with Crippen molar-refractivity contribution in [1.29, 1.82) is 0 Å². The van der Waals surface area contributed by atoms with Crippen molar-refractivity contribution in [2.24, 2.45) is 11.8 Å². The zero-order valence-corrected chi connectivity index (χ0v) is 10.6. The third-order valence-electron chi connectivity index (χ3n) is 3.42. The van der Waals surface area contributed by atoms with E-state index in [0.29, 0.717) is 6.42 Å². The number of rotatable bonds is 4. The molecule has 1 aliphatic rings. The van der Waals surface area contributed by atoms with Crippen molar-refractivity contribution in [1.82, 2.24) is 0 Å². The molecular formula is C13H16O3S. The average molecular weight is 252 g/mol. The van der Waals surface area contributed by atoms with Gasteiger partial charge in [-0.15, -0.1) is 11.3 Å². The lowest BCUT2D eigenvalue weighted by Crippen LogP contribution is -2.24. The van der Waals surface area contributed by atoms with E-state index in [4.69, 9.17) is 5.11 Å². The zero-order valence-electron chi connectivity index (χ0n) is 9.81. The maximum Gasteiger partial charge on any atom is 0.307 e. The Kier molecular flexibility index (Phi) is 3.62. The molecule has 2 unspecified atom stereocenters. The SMILES string of the molecule is CCc1ccc(C(=O)C2CCCC2C(=O)O)s1. The number of carbonyl (C=O) groups is 2. The van der Waals surface area contributed by atoms with Gasteiger partial charge in [-0.25, -0.2) is 0 Å². The summed E-state index contributed by atoms with van der Waals surface area (Å²) in [6.07, 6.45) is 3.12. The zero-order chi connectivity index (χ0) is 12.4. The molecule has 17 heavy (non-hydrogen) atoms. The predicted molar refractivity (Wildman–Crippen MR) is 66.5 cm³/mol. The fourth-order valence-corrected chi connectivity index (χ4v) is 3.40. The lowest BCUT2D eigenvalue weighted by molar-refractivity contribution is -0.142. The second-order valence-electron chi connectivity index (χ2n) is 4.47. The third-order valence-corrected chi connectivity index (χ3v) is 4.67. The van der Waals surface area contributed by atoms with Crippen LogP contribution in [0.1, 0.15) is 40.7 Å². The first kappa shape index (κ1) is 12.3. The number of Topliss-reactive ketones (excluding diaryl/α,β-unsaturated/α-hetero) is 1. The van der Waals surface area contributed by atoms with Gasteiger partial charge in [-0.3, -0.25) is 9.59 Å². The van der Waals surface area contributed by atoms with Crippen LogP contribution in [0.15, 0.2) is 12.1 Å². The van der Waals surface area contributed by atoms with Gasteiger partial charge in [-0.05, 0) is 31.4 Å². The first-order chi connectivity index (χ1) is 8.13. The van der Waals surface area contributed by atoms with Gasteiger partial charge in [-0.1, -0.05) is 13.3 Å². The second-order valence-corrected chi connectivity index (χ2v) is 5.63. The second kappa shape index (κ2) is 5.00. The van der Waals surface area contributed by atoms with E-state index in [1.165, 1.54) is 16.2 Å². The van der Waals surface area contributed by atoms with Gasteiger partial charge in [0.15, 0.2) is 5.78 Å². The molecule has 1 aliphatic carbocycles. The van der Waals surface area contributed by atoms with Crippen LogP contribution in [0.5, 0.6) is 0 Å². The van der Waals surface area contributed by atoms with Crippen LogP contribution in [0.2, 0.25) is 0 Å². The summed E-state index contributed by atoms with van der Waals surface area (Å²) in [4.78, 5) is 25.2. The Bertz CT molecular complexity index is 436. The molecule has 2 atom stereocenters. The van der Waals surface area contributed by atoms with Crippen molar-refractivity contribution < 1.29 is 14.7 Å². The molecule has 0 aliphatic heterocycles. The van der Waals surface area contributed by atoms with Crippen molar-refractivity contribution in [3.8, 4) is 0 Å². The Morgan fingerprint density at radius 1 is 1.35 bits per heavy atom. The molecule has 1 fully saturated rings. The van der Waals surface area contributed by atoms with E-state index in [1.807, 2.05) is 12.1 Å². The van der Waals surface area contributed by atoms with Crippen LogP contribution in [0.25, 0.3) is 0 Å². The van der Waals surface area contributed by atoms with Crippen LogP contribution in [0.3, 0.4) is 0 Å². The molecule has 0 aromatic carbocycles. The molecule has 1 N–H and O–H groups in total. The minimum Gasteiger partial charge on any atom is -0.481 e. The fraction of sp³-hybridized carbons (Fsp3) is 0.538. The van der Waals surface area contributed by atoms with Crippen LogP contribution in [-0.4, -0.2) is 16.9 Å². The summed E-state index contributed by atoms with van der Waals surface area (Å²) >= 11 is 1.50. The lowest BCUT2D eigenvalue weighted by Gasteiger charge is -2.12. The van der Waals surface area contributed by atoms with Gasteiger partial charge in [0.25, 0.3) is 0 Å². The molecule has 0 saturated heterocycles. The maximum atomic E-state index is 12.2. The first-order valence-electron chi connectivity index (χ1n) is 5.99. The number of carbonyl (C=O) groups excluding carboxylic acids is 1. The summed E-state index contributed by atoms with van der Waals surface area (Å²) in [6.45, 7) is 2.05. The van der Waals surface area contributed by atoms with E-state index in [9.17, 15) is 9.59 Å². The number of aliphatic carboxylic acids is 1. The van der Waals surface area contributed by atoms with Crippen LogP contribution in [0, 0.1) is 11.8 Å². The van der Waals surface area contributed by atoms with E-state index >= 15 is 0 Å². The Hall–Kier alpha value is -1.16. The number of carboxylic acids is 1. The molecule has 1 heterocycles. The summed E-state index contributed by atoms with van der Waals surface area (Å²) in [5.74, 6) is -1.58. The number of aryl methyl sites for hydroxylation is 1. The van der Waals surface area contributed by atoms with Crippen molar-refractivity contribution in [3.63, 3.8) is 0 Å². The predicted octanol–water partition coefficient (Wildman–Crippen LogP) is 2.99. The molecular weight excluding hydrogens is 236 g/mol. The average Bonchev–Trinajstić information content (AvgIpc) is 2.97. The highest BCUT2D eigenvalue weighted by atomic mass is 32.1. The van der Waals surface area contributed by atoms with Crippen LogP contribution in [-0.2, 0) is 11.2 Å². The Morgan fingerprint density at radius 2 is 2.06 bits per heavy atom. The van der Waals surface area contributed by atoms with Gasteiger partial charge in [0, 0.05) is 10.8 Å². The van der Waals surface area contributed by atoms with Gasteiger partial charge in [0.05, 0.1) is 10.8 Å². The smallest absolute Gasteiger partial charge is 0.307 e. The largest absolute Gasteiger partial charge is 0.481 e. The number of ketones is 1. The number of hydrogen-bond acceptors (Lipinski definition) is 3. The summed E-state index contributed by atoms with van der Waals surface area (Å²) in [5, 5.41) is 9.08. The van der Waals surface area contributed by atoms with Crippen molar-refractivity contribution in [2.45, 2.75) is 32.6 Å². The van der Waals surface area contributed by atoms with E-state index < -0.39 is 11.9 Å². The standard InChI is InChI=1S/C13H16O3S/c1-2-8-6-7-11(17-8)12(14)9-4-3-5-10(9)13(15)16/h6-7,9-10H,2-5H2,1H3,(H,15,16). The molecule has 3 nitrogen and oxygen atoms in total. The van der Waals surface area contributed by atoms with E-state index in [0.717, 1.165) is 24.1 Å². The Balaban J connectivity index is 2.16. The van der Waals surface area contributed by atoms with Gasteiger partial charge in [-0.2, -0.15) is 0 Å². The number of thiophene rings is 1. The molecule has 0 radical (unpaired) electrons. The quantitative estimate of drug-likeness (QED) is 0.838. The Labute approximate surface area is 104 Å². The molecule has 1 aromatic heterocycles. The lowest BCUT2D eigenvalue weighted by atomic mass is 9.91. The molecule has 92 valence electrons. The van der Waals surface area contributed by atoms with E-state index in [2.05, 4.69) is 6.92 Å². The summed E-state index contributed by atoms with van der Waals surface area (Å²) in [7, 11) is 0. The fourth-order valence-electron chi connectivity index (χ4n) is 2.45. The third kappa shape index (κ3) is 2.41. The topological polar surface area (TPSA) is 54.4 Å². The number of hydrogen-bond donors (Lipinski definition) is 1. The molecule has 1 saturated carbocycles. The molecule has 4 heteroatoms. The van der Waals surface area contributed by atoms with Crippen LogP contribution in [0.4, 0.5) is 0 Å². The first-order valence-corrected chi connectivity index (χ1v) is 6.81. The summed E-state index contributed by atoms with van der Waals surface area (Å²) in [5.41, 5.74) is 0. The van der Waals surface area contributed by atoms with Gasteiger partial charge in [0.1, 0.15) is 0 Å². The highest BCUT2D eigenvalue weighted by Gasteiger charge is 2.38.